The Morgan fingerprint density at radius 2 is 1.97 bits per heavy atom. The van der Waals surface area contributed by atoms with E-state index in [1.165, 1.54) is 6.07 Å². The number of pyridine rings is 2. The molecule has 9 heteroatoms. The van der Waals surface area contributed by atoms with E-state index in [-0.39, 0.29) is 5.13 Å². The summed E-state index contributed by atoms with van der Waals surface area (Å²) in [5, 5.41) is 11.5. The molecule has 0 fully saturated rings. The van der Waals surface area contributed by atoms with Crippen LogP contribution in [0.15, 0.2) is 61.1 Å². The minimum atomic E-state index is -0.219. The standard InChI is InChI=1S/C25H20FN7S/c1-2-27-10-14-8-15(12-28-11-14)16-9-18-23(32-33-24(18)29-13-16)25-30-19-5-3-4-17(22(19)31-25)20-6-7-21(26)34-20/h3-9,11-13,27H,2,10H2,1H3,(H,30,31)(H,29,32,33). The van der Waals surface area contributed by atoms with Gasteiger partial charge in [-0.05, 0) is 42.4 Å². The second-order valence-corrected chi connectivity index (χ2v) is 8.98. The first kappa shape index (κ1) is 20.6. The number of hydrogen-bond acceptors (Lipinski definition) is 6. The number of nitrogens with one attached hydrogen (secondary N) is 3. The van der Waals surface area contributed by atoms with Gasteiger partial charge in [0.1, 0.15) is 5.69 Å². The molecule has 5 aromatic heterocycles. The van der Waals surface area contributed by atoms with Crippen LogP contribution in [0.3, 0.4) is 0 Å². The Bertz CT molecular complexity index is 1630. The van der Waals surface area contributed by atoms with Crippen LogP contribution in [0.25, 0.3) is 55.2 Å². The Hall–Kier alpha value is -3.95. The number of fused-ring (bicyclic) bond motifs is 2. The van der Waals surface area contributed by atoms with Crippen LogP contribution in [0.4, 0.5) is 4.39 Å². The van der Waals surface area contributed by atoms with Crippen molar-refractivity contribution in [3.63, 3.8) is 0 Å². The Morgan fingerprint density at radius 1 is 1.06 bits per heavy atom. The third-order valence-electron chi connectivity index (χ3n) is 5.70. The smallest absolute Gasteiger partial charge is 0.176 e. The fourth-order valence-electron chi connectivity index (χ4n) is 4.06. The van der Waals surface area contributed by atoms with Crippen molar-refractivity contribution in [3.8, 4) is 33.1 Å². The van der Waals surface area contributed by atoms with Crippen LogP contribution >= 0.6 is 11.3 Å². The highest BCUT2D eigenvalue weighted by atomic mass is 32.1. The van der Waals surface area contributed by atoms with Crippen molar-refractivity contribution in [2.75, 3.05) is 6.54 Å². The lowest BCUT2D eigenvalue weighted by atomic mass is 10.1. The molecule has 0 spiro atoms. The summed E-state index contributed by atoms with van der Waals surface area (Å²) in [4.78, 5) is 18.0. The van der Waals surface area contributed by atoms with Gasteiger partial charge >= 0.3 is 0 Å². The summed E-state index contributed by atoms with van der Waals surface area (Å²) in [6, 6.07) is 13.3. The summed E-state index contributed by atoms with van der Waals surface area (Å²) >= 11 is 1.11. The molecule has 6 aromatic rings. The quantitative estimate of drug-likeness (QED) is 0.298. The highest BCUT2D eigenvalue weighted by Gasteiger charge is 2.17. The summed E-state index contributed by atoms with van der Waals surface area (Å²) in [7, 11) is 0. The van der Waals surface area contributed by atoms with E-state index in [1.807, 2.05) is 36.8 Å². The van der Waals surface area contributed by atoms with Crippen molar-refractivity contribution in [2.24, 2.45) is 0 Å². The van der Waals surface area contributed by atoms with E-state index in [0.717, 1.165) is 68.0 Å². The molecule has 0 amide bonds. The maximum Gasteiger partial charge on any atom is 0.176 e. The summed E-state index contributed by atoms with van der Waals surface area (Å²) in [5.41, 5.74) is 6.94. The van der Waals surface area contributed by atoms with Crippen LogP contribution in [-0.4, -0.2) is 36.7 Å². The zero-order valence-corrected chi connectivity index (χ0v) is 19.1. The normalized spacial score (nSPS) is 11.6. The predicted octanol–water partition coefficient (Wildman–Crippen LogP) is 5.54. The third kappa shape index (κ3) is 3.64. The molecule has 0 bridgehead atoms. The van der Waals surface area contributed by atoms with Crippen molar-refractivity contribution < 1.29 is 4.39 Å². The Kier molecular flexibility index (Phi) is 5.12. The van der Waals surface area contributed by atoms with Gasteiger partial charge in [0.15, 0.2) is 16.6 Å². The highest BCUT2D eigenvalue weighted by molar-refractivity contribution is 7.14. The maximum absolute atomic E-state index is 13.6. The number of halogens is 1. The monoisotopic (exact) mass is 469 g/mol. The van der Waals surface area contributed by atoms with Gasteiger partial charge in [0.2, 0.25) is 0 Å². The Labute approximate surface area is 198 Å². The largest absolute Gasteiger partial charge is 0.337 e. The van der Waals surface area contributed by atoms with Gasteiger partial charge in [-0.15, -0.1) is 11.3 Å². The predicted molar refractivity (Wildman–Crippen MR) is 133 cm³/mol. The van der Waals surface area contributed by atoms with Crippen molar-refractivity contribution in [3.05, 3.63) is 71.7 Å². The molecule has 0 atom stereocenters. The Morgan fingerprint density at radius 3 is 2.82 bits per heavy atom. The molecule has 0 saturated carbocycles. The van der Waals surface area contributed by atoms with Gasteiger partial charge in [-0.3, -0.25) is 10.1 Å². The van der Waals surface area contributed by atoms with Gasteiger partial charge in [0, 0.05) is 46.7 Å². The van der Waals surface area contributed by atoms with E-state index >= 15 is 0 Å². The molecule has 0 aliphatic carbocycles. The minimum Gasteiger partial charge on any atom is -0.337 e. The molecule has 34 heavy (non-hydrogen) atoms. The number of para-hydroxylation sites is 1. The lowest BCUT2D eigenvalue weighted by Gasteiger charge is -2.05. The van der Waals surface area contributed by atoms with Gasteiger partial charge in [-0.25, -0.2) is 9.97 Å². The van der Waals surface area contributed by atoms with Gasteiger partial charge in [-0.1, -0.05) is 19.1 Å². The first-order valence-electron chi connectivity index (χ1n) is 10.9. The minimum absolute atomic E-state index is 0.219. The molecule has 0 unspecified atom stereocenters. The molecular formula is C25H20FN7S. The summed E-state index contributed by atoms with van der Waals surface area (Å²) in [6.45, 7) is 3.74. The average Bonchev–Trinajstić information content (AvgIpc) is 3.59. The van der Waals surface area contributed by atoms with Gasteiger partial charge in [0.05, 0.1) is 16.4 Å². The van der Waals surface area contributed by atoms with Crippen molar-refractivity contribution >= 4 is 33.4 Å². The molecule has 6 rings (SSSR count). The number of aromatic nitrogens is 6. The fourth-order valence-corrected chi connectivity index (χ4v) is 4.81. The average molecular weight is 470 g/mol. The number of thiophene rings is 1. The third-order valence-corrected chi connectivity index (χ3v) is 6.61. The summed E-state index contributed by atoms with van der Waals surface area (Å²) < 4.78 is 13.6. The summed E-state index contributed by atoms with van der Waals surface area (Å²) in [5.74, 6) is 0.628. The van der Waals surface area contributed by atoms with Crippen LogP contribution in [0.5, 0.6) is 0 Å². The van der Waals surface area contributed by atoms with Gasteiger partial charge in [-0.2, -0.15) is 9.49 Å². The second-order valence-electron chi connectivity index (χ2n) is 7.95. The van der Waals surface area contributed by atoms with Crippen molar-refractivity contribution in [2.45, 2.75) is 13.5 Å². The molecule has 1 aromatic carbocycles. The van der Waals surface area contributed by atoms with E-state index in [0.29, 0.717) is 17.2 Å². The molecule has 0 aliphatic heterocycles. The number of H-pyrrole nitrogens is 2. The fraction of sp³-hybridized carbons (Fsp3) is 0.120. The van der Waals surface area contributed by atoms with Gasteiger partial charge in [0.25, 0.3) is 0 Å². The molecule has 0 saturated heterocycles. The number of benzene rings is 1. The van der Waals surface area contributed by atoms with E-state index in [2.05, 4.69) is 49.5 Å². The van der Waals surface area contributed by atoms with E-state index in [4.69, 9.17) is 4.98 Å². The first-order chi connectivity index (χ1) is 16.7. The number of hydrogen-bond donors (Lipinski definition) is 3. The molecular weight excluding hydrogens is 449 g/mol. The van der Waals surface area contributed by atoms with Crippen LogP contribution in [0.1, 0.15) is 12.5 Å². The lowest BCUT2D eigenvalue weighted by Crippen LogP contribution is -2.11. The molecule has 5 heterocycles. The molecule has 3 N–H and O–H groups in total. The SMILES string of the molecule is CCNCc1cncc(-c2cnc3[nH]nc(-c4nc5c(-c6ccc(F)s6)cccc5[nH]4)c3c2)c1. The van der Waals surface area contributed by atoms with Crippen LogP contribution < -0.4 is 5.32 Å². The summed E-state index contributed by atoms with van der Waals surface area (Å²) in [6.07, 6.45) is 5.53. The van der Waals surface area contributed by atoms with E-state index in [1.54, 1.807) is 6.07 Å². The number of imidazole rings is 1. The first-order valence-corrected chi connectivity index (χ1v) is 11.7. The van der Waals surface area contributed by atoms with E-state index < -0.39 is 0 Å². The lowest BCUT2D eigenvalue weighted by molar-refractivity contribution is 0.657. The van der Waals surface area contributed by atoms with Crippen molar-refractivity contribution in [1.29, 1.82) is 0 Å². The van der Waals surface area contributed by atoms with Crippen LogP contribution in [0.2, 0.25) is 0 Å². The number of rotatable bonds is 6. The van der Waals surface area contributed by atoms with Crippen LogP contribution in [0, 0.1) is 5.13 Å². The molecule has 168 valence electrons. The van der Waals surface area contributed by atoms with E-state index in [9.17, 15) is 4.39 Å². The highest BCUT2D eigenvalue weighted by Crippen LogP contribution is 2.35. The molecule has 7 nitrogen and oxygen atoms in total. The maximum atomic E-state index is 13.6. The number of aromatic amines is 2. The topological polar surface area (TPSA) is 95.2 Å². The molecule has 0 aliphatic rings. The second kappa shape index (κ2) is 8.44. The number of nitrogens with zero attached hydrogens (tertiary/aromatic N) is 4. The zero-order chi connectivity index (χ0) is 23.1. The molecule has 0 radical (unpaired) electrons. The van der Waals surface area contributed by atoms with Gasteiger partial charge < -0.3 is 10.3 Å². The Balaban J connectivity index is 1.44. The van der Waals surface area contributed by atoms with Crippen molar-refractivity contribution in [1.82, 2.24) is 35.5 Å². The van der Waals surface area contributed by atoms with Crippen LogP contribution in [-0.2, 0) is 6.54 Å². The zero-order valence-electron chi connectivity index (χ0n) is 18.3.